The molecular formula is C26H23NO3. The minimum atomic E-state index is -0.841. The number of aliphatic hydroxyl groups excluding tert-OH is 1. The van der Waals surface area contributed by atoms with Crippen LogP contribution in [0.4, 0.5) is 0 Å². The van der Waals surface area contributed by atoms with Gasteiger partial charge in [-0.05, 0) is 34.2 Å². The minimum absolute atomic E-state index is 0.0756. The Bertz CT molecular complexity index is 1070. The molecule has 3 aliphatic rings. The molecule has 0 fully saturated rings. The highest BCUT2D eigenvalue weighted by atomic mass is 16.6. The lowest BCUT2D eigenvalue weighted by molar-refractivity contribution is -0.544. The van der Waals surface area contributed by atoms with Crippen molar-refractivity contribution in [2.75, 3.05) is 6.61 Å². The Kier molecular flexibility index (Phi) is 4.52. The zero-order chi connectivity index (χ0) is 20.7. The number of rotatable bonds is 5. The van der Waals surface area contributed by atoms with Crippen molar-refractivity contribution in [1.82, 2.24) is 0 Å². The summed E-state index contributed by atoms with van der Waals surface area (Å²) in [5, 5.41) is 22.6. The van der Waals surface area contributed by atoms with Gasteiger partial charge in [0.05, 0.1) is 11.3 Å². The van der Waals surface area contributed by atoms with Crippen LogP contribution in [0.25, 0.3) is 6.08 Å². The van der Waals surface area contributed by atoms with Gasteiger partial charge in [0, 0.05) is 17.4 Å². The van der Waals surface area contributed by atoms with Crippen molar-refractivity contribution in [3.8, 4) is 0 Å². The van der Waals surface area contributed by atoms with Gasteiger partial charge in [-0.1, -0.05) is 91.0 Å². The number of nitro groups is 1. The number of hydrogen-bond acceptors (Lipinski definition) is 3. The van der Waals surface area contributed by atoms with Crippen LogP contribution in [0, 0.1) is 16.0 Å². The largest absolute Gasteiger partial charge is 0.396 e. The molecular weight excluding hydrogens is 374 g/mol. The third kappa shape index (κ3) is 2.57. The van der Waals surface area contributed by atoms with E-state index in [1.165, 1.54) is 0 Å². The average molecular weight is 397 g/mol. The predicted octanol–water partition coefficient (Wildman–Crippen LogP) is 4.79. The van der Waals surface area contributed by atoms with E-state index < -0.39 is 11.5 Å². The molecule has 3 aromatic rings. The van der Waals surface area contributed by atoms with E-state index in [9.17, 15) is 15.2 Å². The summed E-state index contributed by atoms with van der Waals surface area (Å²) in [7, 11) is 0. The lowest BCUT2D eigenvalue weighted by atomic mass is 9.48. The molecule has 2 unspecified atom stereocenters. The van der Waals surface area contributed by atoms with E-state index >= 15 is 0 Å². The molecule has 30 heavy (non-hydrogen) atoms. The molecule has 150 valence electrons. The van der Waals surface area contributed by atoms with Gasteiger partial charge in [0.15, 0.2) is 0 Å². The summed E-state index contributed by atoms with van der Waals surface area (Å²) in [5.41, 5.74) is 4.46. The summed E-state index contributed by atoms with van der Waals surface area (Å²) >= 11 is 0. The van der Waals surface area contributed by atoms with Gasteiger partial charge in [-0.25, -0.2) is 0 Å². The molecule has 4 heteroatoms. The van der Waals surface area contributed by atoms with Gasteiger partial charge in [0.25, 0.3) is 0 Å². The minimum Gasteiger partial charge on any atom is -0.396 e. The molecule has 0 aromatic heterocycles. The fourth-order valence-corrected chi connectivity index (χ4v) is 5.82. The maximum Gasteiger partial charge on any atom is 0.233 e. The van der Waals surface area contributed by atoms with Gasteiger partial charge in [0.2, 0.25) is 6.04 Å². The highest BCUT2D eigenvalue weighted by Gasteiger charge is 2.63. The molecule has 6 rings (SSSR count). The summed E-state index contributed by atoms with van der Waals surface area (Å²) in [6, 6.07) is 25.2. The van der Waals surface area contributed by atoms with Crippen molar-refractivity contribution in [2.24, 2.45) is 5.92 Å². The molecule has 2 bridgehead atoms. The SMILES string of the molecule is O=[N+]([O-])C1C(/C=C/c2ccccc2)C2c3ccccc3C1(CCO)c1ccccc12. The highest BCUT2D eigenvalue weighted by molar-refractivity contribution is 5.63. The Morgan fingerprint density at radius 2 is 1.47 bits per heavy atom. The van der Waals surface area contributed by atoms with Crippen LogP contribution < -0.4 is 0 Å². The van der Waals surface area contributed by atoms with Crippen LogP contribution in [0.3, 0.4) is 0 Å². The van der Waals surface area contributed by atoms with Crippen LogP contribution in [0.15, 0.2) is 84.9 Å². The van der Waals surface area contributed by atoms with Crippen molar-refractivity contribution in [3.05, 3.63) is 123 Å². The monoisotopic (exact) mass is 397 g/mol. The van der Waals surface area contributed by atoms with Crippen LogP contribution in [0.2, 0.25) is 0 Å². The Hall–Kier alpha value is -3.24. The first-order chi connectivity index (χ1) is 14.7. The molecule has 2 atom stereocenters. The quantitative estimate of drug-likeness (QED) is 0.497. The normalized spacial score (nSPS) is 26.4. The first kappa shape index (κ1) is 18.8. The Balaban J connectivity index is 1.78. The van der Waals surface area contributed by atoms with Gasteiger partial charge in [0.1, 0.15) is 0 Å². The summed E-state index contributed by atoms with van der Waals surface area (Å²) in [5.74, 6) is -0.370. The highest BCUT2D eigenvalue weighted by Crippen LogP contribution is 2.61. The summed E-state index contributed by atoms with van der Waals surface area (Å²) in [6.07, 6.45) is 4.35. The van der Waals surface area contributed by atoms with Crippen molar-refractivity contribution in [3.63, 3.8) is 0 Å². The molecule has 0 radical (unpaired) electrons. The van der Waals surface area contributed by atoms with Crippen LogP contribution in [0.1, 0.15) is 40.2 Å². The van der Waals surface area contributed by atoms with Gasteiger partial charge in [-0.3, -0.25) is 10.1 Å². The van der Waals surface area contributed by atoms with Gasteiger partial charge in [-0.15, -0.1) is 0 Å². The molecule has 0 aliphatic heterocycles. The van der Waals surface area contributed by atoms with Crippen LogP contribution in [-0.4, -0.2) is 22.7 Å². The molecule has 0 saturated heterocycles. The molecule has 0 amide bonds. The lowest BCUT2D eigenvalue weighted by Crippen LogP contribution is -2.58. The molecule has 4 nitrogen and oxygen atoms in total. The Morgan fingerprint density at radius 3 is 2.03 bits per heavy atom. The molecule has 3 aromatic carbocycles. The van der Waals surface area contributed by atoms with Crippen molar-refractivity contribution >= 4 is 6.08 Å². The first-order valence-corrected chi connectivity index (χ1v) is 10.3. The standard InChI is InChI=1S/C26H23NO3/c28-17-16-26-22-12-6-4-10-19(22)24(20-11-5-7-13-23(20)26)21(25(26)27(29)30)15-14-18-8-2-1-3-9-18/h1-15,21,24-25,28H,16-17H2/b15-14+. The zero-order valence-corrected chi connectivity index (χ0v) is 16.5. The van der Waals surface area contributed by atoms with Crippen molar-refractivity contribution in [1.29, 1.82) is 0 Å². The third-order valence-corrected chi connectivity index (χ3v) is 6.85. The number of hydrogen-bond donors (Lipinski definition) is 1. The second-order valence-corrected chi connectivity index (χ2v) is 8.17. The van der Waals surface area contributed by atoms with Crippen LogP contribution >= 0.6 is 0 Å². The van der Waals surface area contributed by atoms with E-state index in [1.54, 1.807) is 0 Å². The zero-order valence-electron chi connectivity index (χ0n) is 16.5. The fourth-order valence-electron chi connectivity index (χ4n) is 5.82. The van der Waals surface area contributed by atoms with E-state index in [2.05, 4.69) is 12.1 Å². The fraction of sp³-hybridized carbons (Fsp3) is 0.231. The predicted molar refractivity (Wildman–Crippen MR) is 117 cm³/mol. The Morgan fingerprint density at radius 1 is 0.900 bits per heavy atom. The molecule has 1 N–H and O–H groups in total. The maximum absolute atomic E-state index is 12.6. The van der Waals surface area contributed by atoms with Crippen LogP contribution in [0.5, 0.6) is 0 Å². The summed E-state index contributed by atoms with van der Waals surface area (Å²) in [4.78, 5) is 12.4. The molecule has 0 saturated carbocycles. The van der Waals surface area contributed by atoms with E-state index in [4.69, 9.17) is 0 Å². The van der Waals surface area contributed by atoms with E-state index in [1.807, 2.05) is 78.9 Å². The third-order valence-electron chi connectivity index (χ3n) is 6.85. The van der Waals surface area contributed by atoms with Crippen LogP contribution in [-0.2, 0) is 5.41 Å². The van der Waals surface area contributed by atoms with E-state index in [0.29, 0.717) is 6.42 Å². The van der Waals surface area contributed by atoms with Gasteiger partial charge in [-0.2, -0.15) is 0 Å². The van der Waals surface area contributed by atoms with Gasteiger partial charge >= 0.3 is 0 Å². The Labute approximate surface area is 175 Å². The molecule has 3 aliphatic carbocycles. The summed E-state index contributed by atoms with van der Waals surface area (Å²) in [6.45, 7) is -0.104. The second-order valence-electron chi connectivity index (χ2n) is 8.17. The number of nitrogens with zero attached hydrogens (tertiary/aromatic N) is 1. The average Bonchev–Trinajstić information content (AvgIpc) is 2.78. The number of fused-ring (bicyclic) bond motifs is 1. The van der Waals surface area contributed by atoms with Crippen molar-refractivity contribution in [2.45, 2.75) is 23.8 Å². The second kappa shape index (κ2) is 7.22. The first-order valence-electron chi connectivity index (χ1n) is 10.3. The maximum atomic E-state index is 12.6. The molecule has 0 spiro atoms. The van der Waals surface area contributed by atoms with Crippen molar-refractivity contribution < 1.29 is 10.0 Å². The molecule has 0 heterocycles. The van der Waals surface area contributed by atoms with E-state index in [-0.39, 0.29) is 23.4 Å². The number of benzene rings is 3. The summed E-state index contributed by atoms with van der Waals surface area (Å²) < 4.78 is 0. The van der Waals surface area contributed by atoms with Gasteiger partial charge < -0.3 is 5.11 Å². The topological polar surface area (TPSA) is 63.4 Å². The lowest BCUT2D eigenvalue weighted by Gasteiger charge is -2.53. The number of aliphatic hydroxyl groups is 1. The smallest absolute Gasteiger partial charge is 0.233 e. The van der Waals surface area contributed by atoms with E-state index in [0.717, 1.165) is 27.8 Å².